The molecule has 0 bridgehead atoms. The summed E-state index contributed by atoms with van der Waals surface area (Å²) < 4.78 is 40.9. The minimum Gasteiger partial charge on any atom is -0.232 e. The molecule has 0 N–H and O–H groups in total. The van der Waals surface area contributed by atoms with Crippen molar-refractivity contribution >= 4 is 26.8 Å². The second-order valence-corrected chi connectivity index (χ2v) is 6.36. The molecule has 0 aliphatic rings. The van der Waals surface area contributed by atoms with Gasteiger partial charge in [-0.15, -0.1) is 0 Å². The van der Waals surface area contributed by atoms with E-state index in [2.05, 4.69) is 25.9 Å². The van der Waals surface area contributed by atoms with Crippen molar-refractivity contribution in [3.05, 3.63) is 58.3 Å². The number of nitrogens with zero attached hydrogens (tertiary/aromatic N) is 2. The average molecular weight is 395 g/mol. The largest absolute Gasteiger partial charge is 0.418 e. The molecular formula is C18H14BrF3N2. The van der Waals surface area contributed by atoms with Crippen LogP contribution in [0.5, 0.6) is 0 Å². The van der Waals surface area contributed by atoms with Gasteiger partial charge in [-0.25, -0.2) is 9.97 Å². The second kappa shape index (κ2) is 6.51. The van der Waals surface area contributed by atoms with Crippen LogP contribution in [-0.4, -0.2) is 9.97 Å². The molecule has 6 heteroatoms. The molecule has 0 amide bonds. The van der Waals surface area contributed by atoms with Crippen LogP contribution in [0.15, 0.2) is 46.9 Å². The standard InChI is InChI=1S/C18H14BrF3N2/c1-2-5-15-23-16(11-6-3-7-12(19)10-11)13-8-4-9-14(17(13)24-15)18(20,21)22/h3-4,6-10H,2,5H2,1H3. The molecule has 0 aliphatic carbocycles. The maximum atomic E-state index is 13.4. The predicted octanol–water partition coefficient (Wildman–Crippen LogP) is 6.03. The first-order chi connectivity index (χ1) is 11.4. The van der Waals surface area contributed by atoms with Gasteiger partial charge in [0.15, 0.2) is 0 Å². The Hall–Kier alpha value is -1.95. The lowest BCUT2D eigenvalue weighted by atomic mass is 10.0. The quantitative estimate of drug-likeness (QED) is 0.541. The molecule has 0 unspecified atom stereocenters. The first-order valence-corrected chi connectivity index (χ1v) is 8.32. The molecule has 1 aromatic heterocycles. The van der Waals surface area contributed by atoms with Crippen molar-refractivity contribution in [2.24, 2.45) is 0 Å². The first-order valence-electron chi connectivity index (χ1n) is 7.53. The molecule has 0 spiro atoms. The van der Waals surface area contributed by atoms with E-state index >= 15 is 0 Å². The summed E-state index contributed by atoms with van der Waals surface area (Å²) in [6.45, 7) is 1.95. The van der Waals surface area contributed by atoms with E-state index in [1.54, 1.807) is 6.07 Å². The number of aromatic nitrogens is 2. The van der Waals surface area contributed by atoms with Crippen molar-refractivity contribution in [1.82, 2.24) is 9.97 Å². The number of halogens is 4. The highest BCUT2D eigenvalue weighted by Crippen LogP contribution is 2.37. The van der Waals surface area contributed by atoms with Gasteiger partial charge in [0.05, 0.1) is 16.8 Å². The van der Waals surface area contributed by atoms with Gasteiger partial charge < -0.3 is 0 Å². The lowest BCUT2D eigenvalue weighted by molar-refractivity contribution is -0.136. The number of hydrogen-bond acceptors (Lipinski definition) is 2. The number of benzene rings is 2. The number of alkyl halides is 3. The van der Waals surface area contributed by atoms with Gasteiger partial charge in [0.2, 0.25) is 0 Å². The fraction of sp³-hybridized carbons (Fsp3) is 0.222. The Labute approximate surface area is 145 Å². The molecule has 3 rings (SSSR count). The molecule has 1 heterocycles. The highest BCUT2D eigenvalue weighted by Gasteiger charge is 2.33. The van der Waals surface area contributed by atoms with Crippen LogP contribution in [0.3, 0.4) is 0 Å². The third-order valence-electron chi connectivity index (χ3n) is 3.65. The number of para-hydroxylation sites is 1. The zero-order valence-electron chi connectivity index (χ0n) is 12.9. The molecule has 0 radical (unpaired) electrons. The van der Waals surface area contributed by atoms with Crippen molar-refractivity contribution in [2.75, 3.05) is 0 Å². The Morgan fingerprint density at radius 3 is 2.46 bits per heavy atom. The summed E-state index contributed by atoms with van der Waals surface area (Å²) in [7, 11) is 0. The van der Waals surface area contributed by atoms with Gasteiger partial charge in [0, 0.05) is 21.8 Å². The Bertz CT molecular complexity index is 891. The van der Waals surface area contributed by atoms with Crippen LogP contribution in [0.1, 0.15) is 24.7 Å². The zero-order chi connectivity index (χ0) is 17.3. The Morgan fingerprint density at radius 2 is 1.79 bits per heavy atom. The Balaban J connectivity index is 2.36. The monoisotopic (exact) mass is 394 g/mol. The molecular weight excluding hydrogens is 381 g/mol. The van der Waals surface area contributed by atoms with Gasteiger partial charge >= 0.3 is 6.18 Å². The van der Waals surface area contributed by atoms with Crippen molar-refractivity contribution in [3.63, 3.8) is 0 Å². The predicted molar refractivity (Wildman–Crippen MR) is 91.7 cm³/mol. The summed E-state index contributed by atoms with van der Waals surface area (Å²) in [5.74, 6) is 0.427. The molecule has 2 nitrogen and oxygen atoms in total. The summed E-state index contributed by atoms with van der Waals surface area (Å²) in [4.78, 5) is 8.72. The van der Waals surface area contributed by atoms with Crippen LogP contribution in [-0.2, 0) is 12.6 Å². The third kappa shape index (κ3) is 3.29. The molecule has 24 heavy (non-hydrogen) atoms. The number of hydrogen-bond donors (Lipinski definition) is 0. The van der Waals surface area contributed by atoms with Crippen LogP contribution < -0.4 is 0 Å². The van der Waals surface area contributed by atoms with E-state index in [-0.39, 0.29) is 5.52 Å². The van der Waals surface area contributed by atoms with Crippen LogP contribution in [0, 0.1) is 0 Å². The number of aryl methyl sites for hydroxylation is 1. The van der Waals surface area contributed by atoms with Crippen LogP contribution in [0.2, 0.25) is 0 Å². The molecule has 0 atom stereocenters. The molecule has 0 fully saturated rings. The normalized spacial score (nSPS) is 11.9. The van der Waals surface area contributed by atoms with E-state index in [4.69, 9.17) is 0 Å². The first kappa shape index (κ1) is 16.9. The topological polar surface area (TPSA) is 25.8 Å². The van der Waals surface area contributed by atoms with Crippen LogP contribution in [0.4, 0.5) is 13.2 Å². The lowest BCUT2D eigenvalue weighted by Crippen LogP contribution is -2.08. The third-order valence-corrected chi connectivity index (χ3v) is 4.14. The smallest absolute Gasteiger partial charge is 0.232 e. The van der Waals surface area contributed by atoms with E-state index in [0.29, 0.717) is 23.3 Å². The Kier molecular flexibility index (Phi) is 4.58. The van der Waals surface area contributed by atoms with Gasteiger partial charge in [-0.1, -0.05) is 47.1 Å². The van der Waals surface area contributed by atoms with Crippen molar-refractivity contribution < 1.29 is 13.2 Å². The maximum absolute atomic E-state index is 13.4. The van der Waals surface area contributed by atoms with Gasteiger partial charge in [0.25, 0.3) is 0 Å². The summed E-state index contributed by atoms with van der Waals surface area (Å²) in [6.07, 6.45) is -3.16. The highest BCUT2D eigenvalue weighted by molar-refractivity contribution is 9.10. The fourth-order valence-corrected chi connectivity index (χ4v) is 3.02. The average Bonchev–Trinajstić information content (AvgIpc) is 2.53. The molecule has 0 aliphatic heterocycles. The highest BCUT2D eigenvalue weighted by atomic mass is 79.9. The van der Waals surface area contributed by atoms with E-state index in [1.165, 1.54) is 6.07 Å². The SMILES string of the molecule is CCCc1nc(-c2cccc(Br)c2)c2cccc(C(F)(F)F)c2n1. The van der Waals surface area contributed by atoms with Crippen LogP contribution in [0.25, 0.3) is 22.2 Å². The second-order valence-electron chi connectivity index (χ2n) is 5.45. The van der Waals surface area contributed by atoms with E-state index in [9.17, 15) is 13.2 Å². The van der Waals surface area contributed by atoms with Gasteiger partial charge in [-0.2, -0.15) is 13.2 Å². The minimum absolute atomic E-state index is 0.0431. The summed E-state index contributed by atoms with van der Waals surface area (Å²) in [5.41, 5.74) is 0.513. The van der Waals surface area contributed by atoms with Gasteiger partial charge in [-0.05, 0) is 24.6 Å². The van der Waals surface area contributed by atoms with Gasteiger partial charge in [0.1, 0.15) is 5.82 Å². The van der Waals surface area contributed by atoms with Crippen molar-refractivity contribution in [3.8, 4) is 11.3 Å². The number of fused-ring (bicyclic) bond motifs is 1. The summed E-state index contributed by atoms with van der Waals surface area (Å²) >= 11 is 3.40. The van der Waals surface area contributed by atoms with Crippen molar-refractivity contribution in [1.29, 1.82) is 0 Å². The molecule has 2 aromatic carbocycles. The van der Waals surface area contributed by atoms with Crippen molar-refractivity contribution in [2.45, 2.75) is 25.9 Å². The summed E-state index contributed by atoms with van der Waals surface area (Å²) in [5, 5.41) is 0.405. The lowest BCUT2D eigenvalue weighted by Gasteiger charge is -2.13. The maximum Gasteiger partial charge on any atom is 0.418 e. The molecule has 0 saturated carbocycles. The van der Waals surface area contributed by atoms with E-state index < -0.39 is 11.7 Å². The zero-order valence-corrected chi connectivity index (χ0v) is 14.4. The van der Waals surface area contributed by atoms with E-state index in [1.807, 2.05) is 31.2 Å². The molecule has 0 saturated heterocycles. The van der Waals surface area contributed by atoms with E-state index in [0.717, 1.165) is 22.5 Å². The van der Waals surface area contributed by atoms with Gasteiger partial charge in [-0.3, -0.25) is 0 Å². The molecule has 3 aromatic rings. The molecule has 124 valence electrons. The number of rotatable bonds is 3. The fourth-order valence-electron chi connectivity index (χ4n) is 2.62. The summed E-state index contributed by atoms with van der Waals surface area (Å²) in [6, 6.07) is 11.5. The Morgan fingerprint density at radius 1 is 1.04 bits per heavy atom. The van der Waals surface area contributed by atoms with Crippen LogP contribution >= 0.6 is 15.9 Å². The minimum atomic E-state index is -4.45.